The average Bonchev–Trinajstić information content (AvgIpc) is 2.98. The quantitative estimate of drug-likeness (QED) is 0.287. The molecule has 0 aromatic rings. The van der Waals surface area contributed by atoms with E-state index in [1.54, 1.807) is 51.6 Å². The van der Waals surface area contributed by atoms with Gasteiger partial charge in [-0.15, -0.1) is 0 Å². The standard InChI is InChI=1S/C28H40N12/c1-9-23(3,17-29)35-37-25(5,19-31)13-15-39-27(7,21-33)11-12-28(8,22-34)40(39)16-14-26(6,20-32)38-36-24(4,10-2)18-30/h9-16H2,1-8H3. The highest BCUT2D eigenvalue weighted by Crippen LogP contribution is 2.39. The first kappa shape index (κ1) is 34.1. The molecule has 0 amide bonds. The normalized spacial score (nSPS) is 27.9. The summed E-state index contributed by atoms with van der Waals surface area (Å²) in [6, 6.07) is 13.3. The highest BCUT2D eigenvalue weighted by atomic mass is 15.7. The van der Waals surface area contributed by atoms with Crippen molar-refractivity contribution in [1.29, 1.82) is 31.6 Å². The van der Waals surface area contributed by atoms with E-state index >= 15 is 0 Å². The molecule has 212 valence electrons. The summed E-state index contributed by atoms with van der Waals surface area (Å²) < 4.78 is 0. The van der Waals surface area contributed by atoms with Gasteiger partial charge in [0.1, 0.15) is 11.1 Å². The molecule has 0 aromatic carbocycles. The Hall–Kier alpha value is -3.94. The Kier molecular flexibility index (Phi) is 11.0. The molecule has 1 heterocycles. The van der Waals surface area contributed by atoms with Crippen LogP contribution in [0.5, 0.6) is 0 Å². The minimum atomic E-state index is -1.27. The number of nitriles is 6. The van der Waals surface area contributed by atoms with Crippen molar-refractivity contribution in [2.24, 2.45) is 20.5 Å². The second kappa shape index (κ2) is 12.9. The zero-order valence-corrected chi connectivity index (χ0v) is 25.0. The van der Waals surface area contributed by atoms with Crippen molar-refractivity contribution < 1.29 is 0 Å². The monoisotopic (exact) mass is 544 g/mol. The van der Waals surface area contributed by atoms with Gasteiger partial charge in [-0.1, -0.05) is 13.8 Å². The Balaban J connectivity index is 3.43. The number of azo groups is 2. The zero-order valence-electron chi connectivity index (χ0n) is 25.0. The maximum absolute atomic E-state index is 10.2. The van der Waals surface area contributed by atoms with Crippen molar-refractivity contribution >= 4 is 0 Å². The van der Waals surface area contributed by atoms with Gasteiger partial charge in [0.15, 0.2) is 22.2 Å². The summed E-state index contributed by atoms with van der Waals surface area (Å²) in [5.74, 6) is 0. The molecule has 0 aromatic heterocycles. The summed E-state index contributed by atoms with van der Waals surface area (Å²) in [5, 5.41) is 79.6. The van der Waals surface area contributed by atoms with E-state index in [2.05, 4.69) is 56.9 Å². The SMILES string of the molecule is CCC(C)(C#N)N=NC(C)(C#N)CCN1N(CCC(C)(C#N)N=NC(C)(C#N)CC)C(C)(C#N)CCC1(C)C#N. The van der Waals surface area contributed by atoms with Gasteiger partial charge < -0.3 is 0 Å². The smallest absolute Gasteiger partial charge is 0.166 e. The number of rotatable bonds is 12. The van der Waals surface area contributed by atoms with Gasteiger partial charge in [0.25, 0.3) is 0 Å². The van der Waals surface area contributed by atoms with Gasteiger partial charge in [-0.3, -0.25) is 0 Å². The van der Waals surface area contributed by atoms with Gasteiger partial charge in [0.2, 0.25) is 0 Å². The van der Waals surface area contributed by atoms with Crippen LogP contribution in [0.3, 0.4) is 0 Å². The summed E-state index contributed by atoms with van der Waals surface area (Å²) in [7, 11) is 0. The first-order chi connectivity index (χ1) is 18.5. The lowest BCUT2D eigenvalue weighted by molar-refractivity contribution is -0.167. The molecule has 0 radical (unpaired) electrons. The van der Waals surface area contributed by atoms with Crippen LogP contribution in [-0.4, -0.2) is 56.3 Å². The lowest BCUT2D eigenvalue weighted by atomic mass is 9.83. The van der Waals surface area contributed by atoms with Crippen LogP contribution in [-0.2, 0) is 0 Å². The number of hydrogen-bond acceptors (Lipinski definition) is 12. The van der Waals surface area contributed by atoms with E-state index in [9.17, 15) is 31.6 Å². The Morgan fingerprint density at radius 2 is 0.850 bits per heavy atom. The molecule has 0 aliphatic carbocycles. The molecule has 0 spiro atoms. The third-order valence-electron chi connectivity index (χ3n) is 7.96. The minimum absolute atomic E-state index is 0.180. The fourth-order valence-electron chi connectivity index (χ4n) is 3.93. The topological polar surface area (TPSA) is 199 Å². The summed E-state index contributed by atoms with van der Waals surface area (Å²) >= 11 is 0. The van der Waals surface area contributed by atoms with Crippen LogP contribution in [0.1, 0.15) is 93.9 Å². The molecule has 12 nitrogen and oxygen atoms in total. The second-order valence-corrected chi connectivity index (χ2v) is 11.7. The van der Waals surface area contributed by atoms with Gasteiger partial charge in [-0.25, -0.2) is 10.0 Å². The van der Waals surface area contributed by atoms with Crippen LogP contribution in [0.15, 0.2) is 20.5 Å². The Morgan fingerprint density at radius 3 is 1.07 bits per heavy atom. The van der Waals surface area contributed by atoms with Crippen molar-refractivity contribution in [1.82, 2.24) is 10.0 Å². The largest absolute Gasteiger partial charge is 0.220 e. The summed E-state index contributed by atoms with van der Waals surface area (Å²) in [6.45, 7) is 14.1. The number of hydrogen-bond donors (Lipinski definition) is 0. The van der Waals surface area contributed by atoms with Crippen LogP contribution in [0, 0.1) is 68.0 Å². The molecule has 1 saturated heterocycles. The number of hydrazine groups is 1. The van der Waals surface area contributed by atoms with Crippen LogP contribution in [0.2, 0.25) is 0 Å². The minimum Gasteiger partial charge on any atom is -0.220 e. The zero-order chi connectivity index (χ0) is 30.9. The van der Waals surface area contributed by atoms with E-state index in [-0.39, 0.29) is 25.9 Å². The number of nitrogens with zero attached hydrogens (tertiary/aromatic N) is 12. The van der Waals surface area contributed by atoms with Crippen molar-refractivity contribution in [2.75, 3.05) is 13.1 Å². The second-order valence-electron chi connectivity index (χ2n) is 11.7. The molecule has 6 unspecified atom stereocenters. The maximum Gasteiger partial charge on any atom is 0.166 e. The fourth-order valence-corrected chi connectivity index (χ4v) is 3.93. The van der Waals surface area contributed by atoms with Crippen molar-refractivity contribution in [3.8, 4) is 36.4 Å². The molecule has 12 heteroatoms. The predicted octanol–water partition coefficient (Wildman–Crippen LogP) is 5.50. The van der Waals surface area contributed by atoms with E-state index in [0.29, 0.717) is 25.7 Å². The highest BCUT2D eigenvalue weighted by Gasteiger charge is 2.50. The molecule has 0 bridgehead atoms. The van der Waals surface area contributed by atoms with Gasteiger partial charge >= 0.3 is 0 Å². The molecule has 1 aliphatic rings. The van der Waals surface area contributed by atoms with Crippen LogP contribution >= 0.6 is 0 Å². The molecule has 0 saturated carbocycles. The third kappa shape index (κ3) is 7.81. The maximum atomic E-state index is 10.2. The first-order valence-electron chi connectivity index (χ1n) is 13.5. The average molecular weight is 545 g/mol. The molecule has 40 heavy (non-hydrogen) atoms. The van der Waals surface area contributed by atoms with Crippen molar-refractivity contribution in [2.45, 2.75) is 127 Å². The summed E-state index contributed by atoms with van der Waals surface area (Å²) in [6.07, 6.45) is 2.07. The first-order valence-corrected chi connectivity index (χ1v) is 13.5. The third-order valence-corrected chi connectivity index (χ3v) is 7.96. The van der Waals surface area contributed by atoms with Gasteiger partial charge in [-0.2, -0.15) is 52.0 Å². The fraction of sp³-hybridized carbons (Fsp3) is 0.786. The summed E-state index contributed by atoms with van der Waals surface area (Å²) in [4.78, 5) is 0. The molecule has 1 rings (SSSR count). The van der Waals surface area contributed by atoms with Crippen LogP contribution in [0.4, 0.5) is 0 Å². The van der Waals surface area contributed by atoms with Crippen LogP contribution in [0.25, 0.3) is 0 Å². The molecule has 1 fully saturated rings. The van der Waals surface area contributed by atoms with Gasteiger partial charge in [0, 0.05) is 25.9 Å². The Morgan fingerprint density at radius 1 is 0.575 bits per heavy atom. The van der Waals surface area contributed by atoms with E-state index in [0.717, 1.165) is 0 Å². The van der Waals surface area contributed by atoms with Gasteiger partial charge in [0.05, 0.1) is 36.4 Å². The highest BCUT2D eigenvalue weighted by molar-refractivity contribution is 5.17. The lowest BCUT2D eigenvalue weighted by Crippen LogP contribution is -2.67. The van der Waals surface area contributed by atoms with E-state index in [1.807, 2.05) is 13.8 Å². The molecule has 6 atom stereocenters. The molecular weight excluding hydrogens is 504 g/mol. The Bertz CT molecular complexity index is 1140. The lowest BCUT2D eigenvalue weighted by Gasteiger charge is -2.54. The van der Waals surface area contributed by atoms with E-state index in [4.69, 9.17) is 0 Å². The van der Waals surface area contributed by atoms with Crippen LogP contribution < -0.4 is 0 Å². The summed E-state index contributed by atoms with van der Waals surface area (Å²) in [5.41, 5.74) is -6.61. The van der Waals surface area contributed by atoms with Gasteiger partial charge in [-0.05, 0) is 67.2 Å². The van der Waals surface area contributed by atoms with E-state index < -0.39 is 33.2 Å². The Labute approximate surface area is 238 Å². The van der Waals surface area contributed by atoms with Crippen molar-refractivity contribution in [3.05, 3.63) is 0 Å². The van der Waals surface area contributed by atoms with E-state index in [1.165, 1.54) is 0 Å². The molecular formula is C28H40N12. The predicted molar refractivity (Wildman–Crippen MR) is 146 cm³/mol. The van der Waals surface area contributed by atoms with Crippen molar-refractivity contribution in [3.63, 3.8) is 0 Å². The molecule has 0 N–H and O–H groups in total. The molecule has 1 aliphatic heterocycles.